The largest absolute Gasteiger partial charge is 0.496 e. The molecule has 1 aromatic heterocycles. The first-order valence-corrected chi connectivity index (χ1v) is 7.77. The zero-order valence-electron chi connectivity index (χ0n) is 13.0. The normalized spacial score (nSPS) is 11.3. The van der Waals surface area contributed by atoms with Crippen LogP contribution in [-0.2, 0) is 4.79 Å². The highest BCUT2D eigenvalue weighted by atomic mass is 35.5. The van der Waals surface area contributed by atoms with Crippen LogP contribution in [0.3, 0.4) is 0 Å². The third-order valence-electron chi connectivity index (χ3n) is 3.64. The number of hydrogen-bond donors (Lipinski definition) is 1. The van der Waals surface area contributed by atoms with Crippen molar-refractivity contribution in [2.24, 2.45) is 0 Å². The number of amides is 1. The number of ether oxygens (including phenoxy) is 1. The molecule has 0 aliphatic rings. The molecule has 0 saturated carbocycles. The average Bonchev–Trinajstić information content (AvgIpc) is 2.63. The minimum Gasteiger partial charge on any atom is -0.496 e. The molecule has 0 fully saturated rings. The van der Waals surface area contributed by atoms with Crippen LogP contribution in [0.15, 0.2) is 66.3 Å². The summed E-state index contributed by atoms with van der Waals surface area (Å²) in [5, 5.41) is 3.70. The molecular formula is C19H15ClN2O2. The molecule has 4 nitrogen and oxygen atoms in total. The van der Waals surface area contributed by atoms with Gasteiger partial charge in [-0.1, -0.05) is 41.9 Å². The summed E-state index contributed by atoms with van der Waals surface area (Å²) in [6.07, 6.45) is 1.67. The first-order chi connectivity index (χ1) is 11.7. The van der Waals surface area contributed by atoms with E-state index in [-0.39, 0.29) is 5.91 Å². The van der Waals surface area contributed by atoms with Crippen LogP contribution >= 0.6 is 11.6 Å². The predicted molar refractivity (Wildman–Crippen MR) is 97.2 cm³/mol. The Bertz CT molecular complexity index is 908. The van der Waals surface area contributed by atoms with E-state index in [2.05, 4.69) is 10.3 Å². The number of nitrogens with one attached hydrogen (secondary N) is 1. The maximum atomic E-state index is 12.6. The second kappa shape index (κ2) is 7.15. The second-order valence-corrected chi connectivity index (χ2v) is 5.28. The monoisotopic (exact) mass is 338 g/mol. The number of anilines is 1. The molecule has 2 aromatic carbocycles. The summed E-state index contributed by atoms with van der Waals surface area (Å²) >= 11 is 5.87. The van der Waals surface area contributed by atoms with Crippen molar-refractivity contribution in [1.29, 1.82) is 0 Å². The molecule has 0 aliphatic carbocycles. The number of fused-ring (bicyclic) bond motifs is 1. The number of benzene rings is 2. The SMILES string of the molecule is COc1ccc(NC(=O)/C(=C\Cl)c2ccccc2)c2ncccc12. The molecule has 0 saturated heterocycles. The molecule has 0 bridgehead atoms. The fourth-order valence-electron chi connectivity index (χ4n) is 2.48. The Morgan fingerprint density at radius 1 is 1.12 bits per heavy atom. The van der Waals surface area contributed by atoms with Crippen molar-refractivity contribution in [3.05, 3.63) is 71.9 Å². The van der Waals surface area contributed by atoms with E-state index in [9.17, 15) is 4.79 Å². The number of hydrogen-bond acceptors (Lipinski definition) is 3. The van der Waals surface area contributed by atoms with Crippen molar-refractivity contribution >= 4 is 39.7 Å². The van der Waals surface area contributed by atoms with Crippen molar-refractivity contribution < 1.29 is 9.53 Å². The summed E-state index contributed by atoms with van der Waals surface area (Å²) in [6.45, 7) is 0. The van der Waals surface area contributed by atoms with Crippen molar-refractivity contribution in [2.45, 2.75) is 0 Å². The van der Waals surface area contributed by atoms with E-state index in [1.165, 1.54) is 5.54 Å². The average molecular weight is 339 g/mol. The van der Waals surface area contributed by atoms with Crippen LogP contribution in [0, 0.1) is 0 Å². The maximum absolute atomic E-state index is 12.6. The lowest BCUT2D eigenvalue weighted by Crippen LogP contribution is -2.14. The van der Waals surface area contributed by atoms with E-state index in [1.54, 1.807) is 25.4 Å². The van der Waals surface area contributed by atoms with Crippen LogP contribution < -0.4 is 10.1 Å². The molecule has 1 heterocycles. The number of rotatable bonds is 4. The number of halogens is 1. The van der Waals surface area contributed by atoms with Gasteiger partial charge in [0.25, 0.3) is 5.91 Å². The molecule has 120 valence electrons. The molecule has 5 heteroatoms. The van der Waals surface area contributed by atoms with Gasteiger partial charge in [0.15, 0.2) is 0 Å². The molecule has 3 rings (SSSR count). The van der Waals surface area contributed by atoms with Crippen LogP contribution in [0.5, 0.6) is 5.75 Å². The third-order valence-corrected chi connectivity index (χ3v) is 3.85. The molecular weight excluding hydrogens is 324 g/mol. The number of carbonyl (C=O) groups is 1. The molecule has 0 spiro atoms. The first kappa shape index (κ1) is 16.0. The zero-order valence-corrected chi connectivity index (χ0v) is 13.7. The minimum atomic E-state index is -0.298. The molecule has 0 atom stereocenters. The summed E-state index contributed by atoms with van der Waals surface area (Å²) in [5.74, 6) is 0.403. The highest BCUT2D eigenvalue weighted by Crippen LogP contribution is 2.30. The lowest BCUT2D eigenvalue weighted by molar-refractivity contribution is -0.111. The molecule has 1 N–H and O–H groups in total. The van der Waals surface area contributed by atoms with E-state index < -0.39 is 0 Å². The van der Waals surface area contributed by atoms with Crippen LogP contribution in [0.1, 0.15) is 5.56 Å². The van der Waals surface area contributed by atoms with Gasteiger partial charge in [-0.05, 0) is 29.8 Å². The third kappa shape index (κ3) is 3.09. The van der Waals surface area contributed by atoms with Gasteiger partial charge < -0.3 is 10.1 Å². The maximum Gasteiger partial charge on any atom is 0.257 e. The van der Waals surface area contributed by atoms with E-state index in [4.69, 9.17) is 16.3 Å². The predicted octanol–water partition coefficient (Wildman–Crippen LogP) is 4.46. The Balaban J connectivity index is 1.97. The van der Waals surface area contributed by atoms with Gasteiger partial charge in [-0.2, -0.15) is 0 Å². The second-order valence-electron chi connectivity index (χ2n) is 5.06. The smallest absolute Gasteiger partial charge is 0.257 e. The lowest BCUT2D eigenvalue weighted by Gasteiger charge is -2.12. The van der Waals surface area contributed by atoms with Crippen molar-refractivity contribution in [1.82, 2.24) is 4.98 Å². The van der Waals surface area contributed by atoms with Crippen LogP contribution in [0.25, 0.3) is 16.5 Å². The summed E-state index contributed by atoms with van der Waals surface area (Å²) < 4.78 is 5.34. The van der Waals surface area contributed by atoms with E-state index in [0.29, 0.717) is 22.5 Å². The van der Waals surface area contributed by atoms with Crippen LogP contribution in [0.4, 0.5) is 5.69 Å². The number of carbonyl (C=O) groups excluding carboxylic acids is 1. The molecule has 24 heavy (non-hydrogen) atoms. The van der Waals surface area contributed by atoms with Crippen LogP contribution in [0.2, 0.25) is 0 Å². The number of methoxy groups -OCH3 is 1. The van der Waals surface area contributed by atoms with E-state index >= 15 is 0 Å². The highest BCUT2D eigenvalue weighted by Gasteiger charge is 2.14. The minimum absolute atomic E-state index is 0.298. The quantitative estimate of drug-likeness (QED) is 0.714. The van der Waals surface area contributed by atoms with Gasteiger partial charge in [-0.15, -0.1) is 0 Å². The van der Waals surface area contributed by atoms with Crippen molar-refractivity contribution in [3.63, 3.8) is 0 Å². The Morgan fingerprint density at radius 2 is 1.92 bits per heavy atom. The molecule has 3 aromatic rings. The van der Waals surface area contributed by atoms with E-state index in [1.807, 2.05) is 42.5 Å². The Hall–Kier alpha value is -2.85. The van der Waals surface area contributed by atoms with Gasteiger partial charge >= 0.3 is 0 Å². The van der Waals surface area contributed by atoms with Gasteiger partial charge in [0, 0.05) is 17.1 Å². The van der Waals surface area contributed by atoms with Gasteiger partial charge in [0.2, 0.25) is 0 Å². The van der Waals surface area contributed by atoms with Crippen molar-refractivity contribution in [3.8, 4) is 5.75 Å². The van der Waals surface area contributed by atoms with Crippen molar-refractivity contribution in [2.75, 3.05) is 12.4 Å². The molecule has 0 aliphatic heterocycles. The summed E-state index contributed by atoms with van der Waals surface area (Å²) in [7, 11) is 1.60. The molecule has 0 unspecified atom stereocenters. The van der Waals surface area contributed by atoms with E-state index in [0.717, 1.165) is 10.9 Å². The fraction of sp³-hybridized carbons (Fsp3) is 0.0526. The lowest BCUT2D eigenvalue weighted by atomic mass is 10.1. The fourth-order valence-corrected chi connectivity index (χ4v) is 2.70. The Morgan fingerprint density at radius 3 is 2.62 bits per heavy atom. The highest BCUT2D eigenvalue weighted by molar-refractivity contribution is 6.37. The number of nitrogens with zero attached hydrogens (tertiary/aromatic N) is 1. The molecule has 1 amide bonds. The first-order valence-electron chi connectivity index (χ1n) is 7.33. The summed E-state index contributed by atoms with van der Waals surface area (Å²) in [5.41, 5.74) is 3.67. The number of pyridine rings is 1. The van der Waals surface area contributed by atoms with Gasteiger partial charge in [0.05, 0.1) is 23.9 Å². The zero-order chi connectivity index (χ0) is 16.9. The molecule has 0 radical (unpaired) electrons. The summed E-state index contributed by atoms with van der Waals surface area (Å²) in [6, 6.07) is 16.5. The Labute approximate surface area is 144 Å². The van der Waals surface area contributed by atoms with Gasteiger partial charge in [-0.3, -0.25) is 9.78 Å². The van der Waals surface area contributed by atoms with Gasteiger partial charge in [-0.25, -0.2) is 0 Å². The topological polar surface area (TPSA) is 51.2 Å². The standard InChI is InChI=1S/C19H15ClN2O2/c1-24-17-10-9-16(18-14(17)8-5-11-21-18)22-19(23)15(12-20)13-6-3-2-4-7-13/h2-12H,1H3,(H,22,23)/b15-12-. The van der Waals surface area contributed by atoms with Gasteiger partial charge in [0.1, 0.15) is 5.75 Å². The van der Waals surface area contributed by atoms with Crippen LogP contribution in [-0.4, -0.2) is 18.0 Å². The number of aromatic nitrogens is 1. The summed E-state index contributed by atoms with van der Waals surface area (Å²) in [4.78, 5) is 17.0. The Kier molecular flexibility index (Phi) is 4.77.